The van der Waals surface area contributed by atoms with Gasteiger partial charge in [0, 0.05) is 19.2 Å². The molecule has 0 saturated heterocycles. The molecule has 5 nitrogen and oxygen atoms in total. The number of hydrogen-bond acceptors (Lipinski definition) is 3. The van der Waals surface area contributed by atoms with E-state index in [1.165, 1.54) is 0 Å². The van der Waals surface area contributed by atoms with E-state index in [9.17, 15) is 4.79 Å². The van der Waals surface area contributed by atoms with Gasteiger partial charge in [-0.2, -0.15) is 5.10 Å². The molecule has 102 valence electrons. The summed E-state index contributed by atoms with van der Waals surface area (Å²) in [5, 5.41) is 16.2. The van der Waals surface area contributed by atoms with Gasteiger partial charge in [-0.25, -0.2) is 0 Å². The van der Waals surface area contributed by atoms with Crippen molar-refractivity contribution in [2.45, 2.75) is 46.1 Å². The zero-order valence-corrected chi connectivity index (χ0v) is 11.7. The van der Waals surface area contributed by atoms with Gasteiger partial charge in [0.15, 0.2) is 0 Å². The average Bonchev–Trinajstić information content (AvgIpc) is 2.58. The molecule has 1 aromatic heterocycles. The lowest BCUT2D eigenvalue weighted by Crippen LogP contribution is -2.37. The van der Waals surface area contributed by atoms with E-state index in [0.717, 1.165) is 23.4 Å². The molecular weight excluding hydrogens is 230 g/mol. The molecule has 1 heterocycles. The van der Waals surface area contributed by atoms with E-state index in [-0.39, 0.29) is 18.6 Å². The molecule has 5 heteroatoms. The second kappa shape index (κ2) is 6.54. The molecule has 1 aromatic rings. The number of nitrogens with one attached hydrogen (secondary N) is 1. The lowest BCUT2D eigenvalue weighted by molar-refractivity contribution is -0.122. The van der Waals surface area contributed by atoms with E-state index in [1.807, 2.05) is 32.5 Å². The molecule has 1 rings (SSSR count). The van der Waals surface area contributed by atoms with E-state index < -0.39 is 0 Å². The molecule has 0 aliphatic rings. The Morgan fingerprint density at radius 2 is 2.17 bits per heavy atom. The Bertz CT molecular complexity index is 409. The summed E-state index contributed by atoms with van der Waals surface area (Å²) < 4.78 is 1.84. The fourth-order valence-corrected chi connectivity index (χ4v) is 1.99. The summed E-state index contributed by atoms with van der Waals surface area (Å²) in [6.07, 6.45) is 1.87. The summed E-state index contributed by atoms with van der Waals surface area (Å²) in [4.78, 5) is 11.7. The molecule has 2 N–H and O–H groups in total. The number of aliphatic hydroxyl groups is 1. The Morgan fingerprint density at radius 1 is 1.50 bits per heavy atom. The van der Waals surface area contributed by atoms with Crippen molar-refractivity contribution in [2.24, 2.45) is 7.05 Å². The Morgan fingerprint density at radius 3 is 2.61 bits per heavy atom. The van der Waals surface area contributed by atoms with Crippen LogP contribution in [0.25, 0.3) is 0 Å². The Hall–Kier alpha value is -1.36. The van der Waals surface area contributed by atoms with E-state index in [2.05, 4.69) is 10.4 Å². The topological polar surface area (TPSA) is 67.2 Å². The Kier molecular flexibility index (Phi) is 5.34. The van der Waals surface area contributed by atoms with Crippen molar-refractivity contribution in [3.05, 3.63) is 17.0 Å². The zero-order chi connectivity index (χ0) is 13.7. The highest BCUT2D eigenvalue weighted by atomic mass is 16.3. The number of carbonyl (C=O) groups excluding carboxylic acids is 1. The molecule has 0 fully saturated rings. The minimum atomic E-state index is -0.131. The van der Waals surface area contributed by atoms with Gasteiger partial charge in [-0.1, -0.05) is 6.92 Å². The molecule has 0 spiro atoms. The number of carbonyl (C=O) groups is 1. The van der Waals surface area contributed by atoms with Crippen LogP contribution >= 0.6 is 0 Å². The normalized spacial score (nSPS) is 12.5. The Labute approximate surface area is 108 Å². The SMILES string of the molecule is CC[C@@H](CO)NC(=O)CCc1c(C)nn(C)c1C. The first-order valence-electron chi connectivity index (χ1n) is 6.38. The first-order chi connectivity index (χ1) is 8.49. The maximum atomic E-state index is 11.7. The quantitative estimate of drug-likeness (QED) is 0.790. The maximum absolute atomic E-state index is 11.7. The highest BCUT2D eigenvalue weighted by Crippen LogP contribution is 2.13. The van der Waals surface area contributed by atoms with Gasteiger partial charge in [0.2, 0.25) is 5.91 Å². The van der Waals surface area contributed by atoms with E-state index in [1.54, 1.807) is 0 Å². The zero-order valence-electron chi connectivity index (χ0n) is 11.7. The molecule has 0 aromatic carbocycles. The third kappa shape index (κ3) is 3.57. The summed E-state index contributed by atoms with van der Waals surface area (Å²) in [6.45, 7) is 5.91. The second-order valence-electron chi connectivity index (χ2n) is 4.63. The number of hydrogen-bond donors (Lipinski definition) is 2. The van der Waals surface area contributed by atoms with Gasteiger partial charge >= 0.3 is 0 Å². The highest BCUT2D eigenvalue weighted by Gasteiger charge is 2.13. The number of nitrogens with zero attached hydrogens (tertiary/aromatic N) is 2. The molecule has 0 unspecified atom stereocenters. The fourth-order valence-electron chi connectivity index (χ4n) is 1.99. The number of amides is 1. The van der Waals surface area contributed by atoms with Crippen molar-refractivity contribution < 1.29 is 9.90 Å². The van der Waals surface area contributed by atoms with Gasteiger partial charge in [-0.3, -0.25) is 9.48 Å². The van der Waals surface area contributed by atoms with Crippen LogP contribution in [0.4, 0.5) is 0 Å². The molecule has 1 atom stereocenters. The minimum absolute atomic E-state index is 0.00676. The van der Waals surface area contributed by atoms with Gasteiger partial charge in [0.25, 0.3) is 0 Å². The van der Waals surface area contributed by atoms with Gasteiger partial charge in [-0.05, 0) is 32.3 Å². The number of aliphatic hydroxyl groups excluding tert-OH is 1. The van der Waals surface area contributed by atoms with Gasteiger partial charge < -0.3 is 10.4 Å². The monoisotopic (exact) mass is 253 g/mol. The van der Waals surface area contributed by atoms with E-state index in [4.69, 9.17) is 5.11 Å². The first kappa shape index (κ1) is 14.7. The molecule has 0 bridgehead atoms. The molecule has 0 saturated carbocycles. The van der Waals surface area contributed by atoms with Crippen molar-refractivity contribution in [1.82, 2.24) is 15.1 Å². The van der Waals surface area contributed by atoms with Crippen LogP contribution in [0.15, 0.2) is 0 Å². The average molecular weight is 253 g/mol. The summed E-state index contributed by atoms with van der Waals surface area (Å²) in [5.74, 6) is -0.0152. The van der Waals surface area contributed by atoms with Gasteiger partial charge in [0.05, 0.1) is 18.3 Å². The van der Waals surface area contributed by atoms with Gasteiger partial charge in [0.1, 0.15) is 0 Å². The van der Waals surface area contributed by atoms with E-state index >= 15 is 0 Å². The standard InChI is InChI=1S/C13H23N3O2/c1-5-11(8-17)14-13(18)7-6-12-9(2)15-16(4)10(12)3/h11,17H,5-8H2,1-4H3,(H,14,18)/t11-/m0/s1. The molecule has 18 heavy (non-hydrogen) atoms. The Balaban J connectivity index is 2.52. The predicted octanol–water partition coefficient (Wildman–Crippen LogP) is 0.857. The first-order valence-corrected chi connectivity index (χ1v) is 6.38. The molecule has 0 aliphatic heterocycles. The third-order valence-corrected chi connectivity index (χ3v) is 3.34. The lowest BCUT2D eigenvalue weighted by Gasteiger charge is -2.13. The van der Waals surface area contributed by atoms with E-state index in [0.29, 0.717) is 12.8 Å². The smallest absolute Gasteiger partial charge is 0.220 e. The molecule has 0 aliphatic carbocycles. The second-order valence-corrected chi connectivity index (χ2v) is 4.63. The molecule has 0 radical (unpaired) electrons. The maximum Gasteiger partial charge on any atom is 0.220 e. The van der Waals surface area contributed by atoms with Crippen molar-refractivity contribution in [1.29, 1.82) is 0 Å². The van der Waals surface area contributed by atoms with Crippen LogP contribution in [0.5, 0.6) is 0 Å². The van der Waals surface area contributed by atoms with Crippen molar-refractivity contribution in [2.75, 3.05) is 6.61 Å². The fraction of sp³-hybridized carbons (Fsp3) is 0.692. The number of rotatable bonds is 6. The van der Waals surface area contributed by atoms with Crippen LogP contribution in [0.2, 0.25) is 0 Å². The van der Waals surface area contributed by atoms with Crippen molar-refractivity contribution in [3.63, 3.8) is 0 Å². The summed E-state index contributed by atoms with van der Waals surface area (Å²) in [6, 6.07) is -0.131. The van der Waals surface area contributed by atoms with Crippen LogP contribution in [0.3, 0.4) is 0 Å². The summed E-state index contributed by atoms with van der Waals surface area (Å²) in [5.41, 5.74) is 3.23. The van der Waals surface area contributed by atoms with Crippen LogP contribution in [-0.2, 0) is 18.3 Å². The summed E-state index contributed by atoms with van der Waals surface area (Å²) >= 11 is 0. The van der Waals surface area contributed by atoms with Crippen molar-refractivity contribution in [3.8, 4) is 0 Å². The minimum Gasteiger partial charge on any atom is -0.394 e. The van der Waals surface area contributed by atoms with Crippen LogP contribution < -0.4 is 5.32 Å². The number of aromatic nitrogens is 2. The molecular formula is C13H23N3O2. The van der Waals surface area contributed by atoms with Gasteiger partial charge in [-0.15, -0.1) is 0 Å². The summed E-state index contributed by atoms with van der Waals surface area (Å²) in [7, 11) is 1.91. The largest absolute Gasteiger partial charge is 0.394 e. The number of aryl methyl sites for hydroxylation is 2. The molecule has 1 amide bonds. The van der Waals surface area contributed by atoms with Crippen LogP contribution in [-0.4, -0.2) is 33.4 Å². The van der Waals surface area contributed by atoms with Crippen LogP contribution in [0, 0.1) is 13.8 Å². The lowest BCUT2D eigenvalue weighted by atomic mass is 10.1. The third-order valence-electron chi connectivity index (χ3n) is 3.34. The van der Waals surface area contributed by atoms with Crippen molar-refractivity contribution >= 4 is 5.91 Å². The highest BCUT2D eigenvalue weighted by molar-refractivity contribution is 5.76. The van der Waals surface area contributed by atoms with Crippen LogP contribution in [0.1, 0.15) is 36.7 Å². The predicted molar refractivity (Wildman–Crippen MR) is 70.3 cm³/mol.